The van der Waals surface area contributed by atoms with Crippen LogP contribution in [0.5, 0.6) is 0 Å². The van der Waals surface area contributed by atoms with Crippen LogP contribution in [0.1, 0.15) is 56.3 Å². The van der Waals surface area contributed by atoms with Gasteiger partial charge in [-0.3, -0.25) is 9.59 Å². The second-order valence-corrected chi connectivity index (χ2v) is 9.18. The molecule has 1 aliphatic carbocycles. The highest BCUT2D eigenvalue weighted by molar-refractivity contribution is 9.10. The maximum Gasteiger partial charge on any atom is 0.253 e. The molecule has 1 aromatic carbocycles. The van der Waals surface area contributed by atoms with Gasteiger partial charge in [0.1, 0.15) is 5.54 Å². The van der Waals surface area contributed by atoms with Crippen LogP contribution in [0.25, 0.3) is 0 Å². The van der Waals surface area contributed by atoms with Crippen molar-refractivity contribution in [2.45, 2.75) is 56.4 Å². The van der Waals surface area contributed by atoms with Crippen molar-refractivity contribution < 1.29 is 18.0 Å². The van der Waals surface area contributed by atoms with E-state index >= 15 is 0 Å². The van der Waals surface area contributed by atoms with Crippen LogP contribution in [0.15, 0.2) is 27.6 Å². The van der Waals surface area contributed by atoms with Crippen LogP contribution in [0, 0.1) is 0 Å². The molecule has 1 aliphatic rings. The molecule has 0 spiro atoms. The van der Waals surface area contributed by atoms with Crippen molar-refractivity contribution in [1.82, 2.24) is 10.2 Å². The van der Waals surface area contributed by atoms with Gasteiger partial charge in [-0.15, -0.1) is 0 Å². The lowest BCUT2D eigenvalue weighted by Crippen LogP contribution is -2.60. The van der Waals surface area contributed by atoms with Gasteiger partial charge in [-0.25, -0.2) is 13.6 Å². The first kappa shape index (κ1) is 21.8. The summed E-state index contributed by atoms with van der Waals surface area (Å²) < 4.78 is 23.7. The van der Waals surface area contributed by atoms with E-state index in [1.165, 1.54) is 18.2 Å². The molecule has 0 bridgehead atoms. The number of nitrogens with one attached hydrogen (secondary N) is 1. The van der Waals surface area contributed by atoms with E-state index in [-0.39, 0.29) is 16.4 Å². The monoisotopic (exact) mass is 459 g/mol. The van der Waals surface area contributed by atoms with Crippen LogP contribution in [0.4, 0.5) is 0 Å². The number of primary sulfonamides is 1. The minimum Gasteiger partial charge on any atom is -0.341 e. The number of carbonyl (C=O) groups is 2. The van der Waals surface area contributed by atoms with Gasteiger partial charge in [0.05, 0.1) is 10.5 Å². The van der Waals surface area contributed by atoms with Gasteiger partial charge < -0.3 is 10.2 Å². The average Bonchev–Trinajstić information content (AvgIpc) is 2.62. The fourth-order valence-corrected chi connectivity index (χ4v) is 4.47. The fourth-order valence-electron chi connectivity index (χ4n) is 3.50. The first-order chi connectivity index (χ1) is 12.6. The second kappa shape index (κ2) is 8.70. The number of carbonyl (C=O) groups excluding carboxylic acids is 2. The summed E-state index contributed by atoms with van der Waals surface area (Å²) in [4.78, 5) is 27.7. The number of hydrogen-bond acceptors (Lipinski definition) is 4. The van der Waals surface area contributed by atoms with E-state index in [0.29, 0.717) is 30.4 Å². The Morgan fingerprint density at radius 3 is 2.30 bits per heavy atom. The normalized spacial score (nSPS) is 16.6. The number of nitrogens with zero attached hydrogens (tertiary/aromatic N) is 1. The summed E-state index contributed by atoms with van der Waals surface area (Å²) in [6.07, 6.45) is 3.87. The minimum atomic E-state index is -3.94. The Morgan fingerprint density at radius 2 is 1.78 bits per heavy atom. The van der Waals surface area contributed by atoms with Gasteiger partial charge in [-0.05, 0) is 60.8 Å². The average molecular weight is 460 g/mol. The number of nitrogens with two attached hydrogens (primary N) is 1. The van der Waals surface area contributed by atoms with Crippen molar-refractivity contribution in [3.05, 3.63) is 28.2 Å². The predicted octanol–water partition coefficient (Wildman–Crippen LogP) is 2.40. The molecule has 0 saturated heterocycles. The summed E-state index contributed by atoms with van der Waals surface area (Å²) in [7, 11) is -3.94. The van der Waals surface area contributed by atoms with Gasteiger partial charge >= 0.3 is 0 Å². The zero-order valence-electron chi connectivity index (χ0n) is 15.6. The Kier molecular flexibility index (Phi) is 7.04. The smallest absolute Gasteiger partial charge is 0.253 e. The van der Waals surface area contributed by atoms with E-state index in [2.05, 4.69) is 21.2 Å². The topological polar surface area (TPSA) is 110 Å². The standard InChI is InChI=1S/C18H26BrN3O4S/c1-3-22(4-2)17(24)18(10-6-5-7-11-18)21-16(23)14-12-13(27(20,25)26)8-9-15(14)19/h8-9,12H,3-7,10-11H2,1-2H3,(H,21,23)(H2,20,25,26). The highest BCUT2D eigenvalue weighted by atomic mass is 79.9. The minimum absolute atomic E-state index is 0.0840. The largest absolute Gasteiger partial charge is 0.341 e. The first-order valence-corrected chi connectivity index (χ1v) is 11.4. The Hall–Kier alpha value is -1.45. The SMILES string of the molecule is CCN(CC)C(=O)C1(NC(=O)c2cc(S(N)(=O)=O)ccc2Br)CCCCC1. The molecule has 9 heteroatoms. The lowest BCUT2D eigenvalue weighted by atomic mass is 9.80. The molecule has 0 aromatic heterocycles. The lowest BCUT2D eigenvalue weighted by Gasteiger charge is -2.40. The van der Waals surface area contributed by atoms with E-state index in [1.807, 2.05) is 13.8 Å². The molecular weight excluding hydrogens is 434 g/mol. The molecule has 27 heavy (non-hydrogen) atoms. The van der Waals surface area contributed by atoms with Crippen LogP contribution in [-0.4, -0.2) is 43.8 Å². The predicted molar refractivity (Wildman–Crippen MR) is 107 cm³/mol. The molecule has 2 amide bonds. The summed E-state index contributed by atoms with van der Waals surface area (Å²) >= 11 is 3.28. The number of amides is 2. The zero-order chi connectivity index (χ0) is 20.2. The van der Waals surface area contributed by atoms with Crippen LogP contribution in [0.2, 0.25) is 0 Å². The molecular formula is C18H26BrN3O4S. The number of benzene rings is 1. The number of likely N-dealkylation sites (N-methyl/N-ethyl adjacent to an activating group) is 1. The van der Waals surface area contributed by atoms with Crippen LogP contribution < -0.4 is 10.5 Å². The van der Waals surface area contributed by atoms with Crippen molar-refractivity contribution in [2.75, 3.05) is 13.1 Å². The summed E-state index contributed by atoms with van der Waals surface area (Å²) in [5.74, 6) is -0.575. The van der Waals surface area contributed by atoms with Crippen LogP contribution in [0.3, 0.4) is 0 Å². The quantitative estimate of drug-likeness (QED) is 0.679. The maximum atomic E-state index is 13.1. The van der Waals surface area contributed by atoms with E-state index in [0.717, 1.165) is 19.3 Å². The lowest BCUT2D eigenvalue weighted by molar-refractivity contribution is -0.139. The van der Waals surface area contributed by atoms with E-state index in [4.69, 9.17) is 5.14 Å². The van der Waals surface area contributed by atoms with Gasteiger partial charge in [-0.2, -0.15) is 0 Å². The molecule has 150 valence electrons. The third-order valence-electron chi connectivity index (χ3n) is 5.03. The third kappa shape index (κ3) is 4.89. The summed E-state index contributed by atoms with van der Waals surface area (Å²) in [6.45, 7) is 4.95. The number of rotatable bonds is 6. The van der Waals surface area contributed by atoms with Gasteiger partial charge in [-0.1, -0.05) is 19.3 Å². The van der Waals surface area contributed by atoms with E-state index in [9.17, 15) is 18.0 Å². The molecule has 0 unspecified atom stereocenters. The molecule has 7 nitrogen and oxygen atoms in total. The molecule has 0 heterocycles. The second-order valence-electron chi connectivity index (χ2n) is 6.76. The molecule has 0 aliphatic heterocycles. The maximum absolute atomic E-state index is 13.1. The van der Waals surface area contributed by atoms with Gasteiger partial charge in [0, 0.05) is 17.6 Å². The fraction of sp³-hybridized carbons (Fsp3) is 0.556. The van der Waals surface area contributed by atoms with E-state index in [1.54, 1.807) is 4.90 Å². The number of hydrogen-bond donors (Lipinski definition) is 2. The Labute approximate surface area is 168 Å². The van der Waals surface area contributed by atoms with Gasteiger partial charge in [0.25, 0.3) is 5.91 Å². The van der Waals surface area contributed by atoms with Crippen molar-refractivity contribution in [2.24, 2.45) is 5.14 Å². The Balaban J connectivity index is 2.38. The van der Waals surface area contributed by atoms with Gasteiger partial charge in [0.15, 0.2) is 0 Å². The van der Waals surface area contributed by atoms with Crippen LogP contribution in [-0.2, 0) is 14.8 Å². The summed E-state index contributed by atoms with van der Waals surface area (Å²) in [5, 5.41) is 8.10. The first-order valence-electron chi connectivity index (χ1n) is 9.09. The molecule has 0 radical (unpaired) electrons. The van der Waals surface area contributed by atoms with Crippen molar-refractivity contribution in [3.8, 4) is 0 Å². The summed E-state index contributed by atoms with van der Waals surface area (Å²) in [5.41, 5.74) is -0.822. The Bertz CT molecular complexity index is 816. The molecule has 2 rings (SSSR count). The van der Waals surface area contributed by atoms with Crippen molar-refractivity contribution >= 4 is 37.8 Å². The zero-order valence-corrected chi connectivity index (χ0v) is 18.0. The van der Waals surface area contributed by atoms with Crippen LogP contribution >= 0.6 is 15.9 Å². The molecule has 1 fully saturated rings. The Morgan fingerprint density at radius 1 is 1.19 bits per heavy atom. The van der Waals surface area contributed by atoms with E-state index < -0.39 is 21.5 Å². The third-order valence-corrected chi connectivity index (χ3v) is 6.63. The summed E-state index contributed by atoms with van der Waals surface area (Å²) in [6, 6.07) is 4.02. The number of sulfonamides is 1. The molecule has 1 aromatic rings. The highest BCUT2D eigenvalue weighted by Gasteiger charge is 2.43. The molecule has 0 atom stereocenters. The van der Waals surface area contributed by atoms with Crippen molar-refractivity contribution in [1.29, 1.82) is 0 Å². The van der Waals surface area contributed by atoms with Crippen molar-refractivity contribution in [3.63, 3.8) is 0 Å². The van der Waals surface area contributed by atoms with Gasteiger partial charge in [0.2, 0.25) is 15.9 Å². The highest BCUT2D eigenvalue weighted by Crippen LogP contribution is 2.31. The molecule has 3 N–H and O–H groups in total. The number of halogens is 1. The molecule has 1 saturated carbocycles.